The van der Waals surface area contributed by atoms with Gasteiger partial charge in [-0.2, -0.15) is 0 Å². The van der Waals surface area contributed by atoms with E-state index in [0.29, 0.717) is 6.54 Å². The molecule has 0 aromatic heterocycles. The van der Waals surface area contributed by atoms with E-state index in [1.165, 1.54) is 4.90 Å². The summed E-state index contributed by atoms with van der Waals surface area (Å²) < 4.78 is 5.77. The van der Waals surface area contributed by atoms with Gasteiger partial charge in [-0.1, -0.05) is 19.1 Å². The summed E-state index contributed by atoms with van der Waals surface area (Å²) in [6.45, 7) is 8.26. The Kier molecular flexibility index (Phi) is 6.51. The summed E-state index contributed by atoms with van der Waals surface area (Å²) in [7, 11) is 1.84. The highest BCUT2D eigenvalue weighted by molar-refractivity contribution is 7.99. The van der Waals surface area contributed by atoms with Crippen molar-refractivity contribution in [3.63, 3.8) is 0 Å². The first-order chi connectivity index (χ1) is 13.7. The SMILES string of the molecule is CCCSc1ccc(CN(C(=O)OC(C)(C)C)C23CCC(CC2)C(=O)N3C)cc1. The molecule has 0 radical (unpaired) electrons. The lowest BCUT2D eigenvalue weighted by Crippen LogP contribution is -2.69. The van der Waals surface area contributed by atoms with Crippen molar-refractivity contribution in [1.82, 2.24) is 9.80 Å². The van der Waals surface area contributed by atoms with Gasteiger partial charge in [0.1, 0.15) is 11.3 Å². The number of thioether (sulfide) groups is 1. The molecule has 0 N–H and O–H groups in total. The van der Waals surface area contributed by atoms with Crippen molar-refractivity contribution in [3.8, 4) is 0 Å². The normalized spacial score (nSPS) is 24.0. The van der Waals surface area contributed by atoms with Crippen LogP contribution in [0.5, 0.6) is 0 Å². The number of piperidine rings is 2. The molecule has 2 amide bonds. The fourth-order valence-electron chi connectivity index (χ4n) is 4.38. The van der Waals surface area contributed by atoms with Crippen LogP contribution >= 0.6 is 11.8 Å². The molecule has 0 unspecified atom stereocenters. The minimum Gasteiger partial charge on any atom is -0.444 e. The van der Waals surface area contributed by atoms with Gasteiger partial charge < -0.3 is 9.64 Å². The van der Waals surface area contributed by atoms with Crippen molar-refractivity contribution in [1.29, 1.82) is 0 Å². The zero-order valence-electron chi connectivity index (χ0n) is 18.4. The number of fused-ring (bicyclic) bond motifs is 3. The fraction of sp³-hybridized carbons (Fsp3) is 0.652. The van der Waals surface area contributed by atoms with Crippen LogP contribution < -0.4 is 0 Å². The number of ether oxygens (including phenoxy) is 1. The molecule has 2 bridgehead atoms. The minimum absolute atomic E-state index is 0.109. The van der Waals surface area contributed by atoms with Gasteiger partial charge in [-0.05, 0) is 76.3 Å². The lowest BCUT2D eigenvalue weighted by atomic mass is 9.74. The summed E-state index contributed by atoms with van der Waals surface area (Å²) in [5.41, 5.74) is -0.121. The lowest BCUT2D eigenvalue weighted by Gasteiger charge is -2.57. The molecule has 0 spiro atoms. The van der Waals surface area contributed by atoms with Gasteiger partial charge in [-0.15, -0.1) is 11.8 Å². The molecule has 160 valence electrons. The van der Waals surface area contributed by atoms with E-state index >= 15 is 0 Å². The Bertz CT molecular complexity index is 733. The molecule has 29 heavy (non-hydrogen) atoms. The Morgan fingerprint density at radius 2 is 1.86 bits per heavy atom. The molecule has 3 aliphatic rings. The number of hydrogen-bond acceptors (Lipinski definition) is 4. The zero-order valence-corrected chi connectivity index (χ0v) is 19.2. The number of carbonyl (C=O) groups excluding carboxylic acids is 2. The van der Waals surface area contributed by atoms with E-state index in [0.717, 1.165) is 43.4 Å². The van der Waals surface area contributed by atoms with Gasteiger partial charge in [0.2, 0.25) is 5.91 Å². The number of rotatable bonds is 6. The average Bonchev–Trinajstić information content (AvgIpc) is 2.68. The highest BCUT2D eigenvalue weighted by Gasteiger charge is 2.54. The van der Waals surface area contributed by atoms with E-state index in [1.54, 1.807) is 9.80 Å². The molecule has 1 aromatic carbocycles. The van der Waals surface area contributed by atoms with Crippen molar-refractivity contribution in [2.24, 2.45) is 5.92 Å². The van der Waals surface area contributed by atoms with Gasteiger partial charge in [0, 0.05) is 17.9 Å². The van der Waals surface area contributed by atoms with Crippen LogP contribution in [0.3, 0.4) is 0 Å². The van der Waals surface area contributed by atoms with Crippen LogP contribution in [-0.4, -0.2) is 45.9 Å². The fourth-order valence-corrected chi connectivity index (χ4v) is 5.15. The molecule has 3 fully saturated rings. The molecular weight excluding hydrogens is 384 g/mol. The largest absolute Gasteiger partial charge is 0.444 e. The van der Waals surface area contributed by atoms with E-state index in [2.05, 4.69) is 31.2 Å². The maximum absolute atomic E-state index is 13.3. The second-order valence-corrected chi connectivity index (χ2v) is 10.4. The molecule has 2 heterocycles. The van der Waals surface area contributed by atoms with Crippen LogP contribution in [0.15, 0.2) is 29.2 Å². The molecule has 1 aliphatic carbocycles. The number of hydrogen-bond donors (Lipinski definition) is 0. The standard InChI is InChI=1S/C23H34N2O3S/c1-6-15-29-19-9-7-17(8-10-19)16-25(21(27)28-22(2,3)4)23-13-11-18(12-14-23)20(26)24(23)5/h7-10,18H,6,11-16H2,1-5H3. The topological polar surface area (TPSA) is 49.9 Å². The van der Waals surface area contributed by atoms with Gasteiger partial charge in [0.15, 0.2) is 0 Å². The highest BCUT2D eigenvalue weighted by Crippen LogP contribution is 2.46. The second-order valence-electron chi connectivity index (χ2n) is 9.21. The summed E-state index contributed by atoms with van der Waals surface area (Å²) in [4.78, 5) is 30.9. The van der Waals surface area contributed by atoms with Crippen molar-refractivity contribution in [3.05, 3.63) is 29.8 Å². The molecule has 1 aromatic rings. The Labute approximate surface area is 179 Å². The van der Waals surface area contributed by atoms with E-state index in [4.69, 9.17) is 4.74 Å². The maximum Gasteiger partial charge on any atom is 0.412 e. The molecule has 2 saturated heterocycles. The van der Waals surface area contributed by atoms with Gasteiger partial charge in [-0.25, -0.2) is 4.79 Å². The van der Waals surface area contributed by atoms with Gasteiger partial charge in [0.25, 0.3) is 0 Å². The number of nitrogens with zero attached hydrogens (tertiary/aromatic N) is 2. The Balaban J connectivity index is 1.87. The predicted molar refractivity (Wildman–Crippen MR) is 117 cm³/mol. The molecule has 1 saturated carbocycles. The highest BCUT2D eigenvalue weighted by atomic mass is 32.2. The van der Waals surface area contributed by atoms with Gasteiger partial charge in [0.05, 0.1) is 6.54 Å². The number of carbonyl (C=O) groups is 2. The van der Waals surface area contributed by atoms with Gasteiger partial charge in [-0.3, -0.25) is 9.69 Å². The Morgan fingerprint density at radius 1 is 1.24 bits per heavy atom. The smallest absolute Gasteiger partial charge is 0.412 e. The van der Waals surface area contributed by atoms with E-state index in [-0.39, 0.29) is 17.9 Å². The first kappa shape index (κ1) is 22.0. The summed E-state index contributed by atoms with van der Waals surface area (Å²) >= 11 is 1.84. The third kappa shape index (κ3) is 4.73. The average molecular weight is 419 g/mol. The molecule has 5 nitrogen and oxygen atoms in total. The molecule has 4 rings (SSSR count). The van der Waals surface area contributed by atoms with E-state index < -0.39 is 11.3 Å². The summed E-state index contributed by atoms with van der Waals surface area (Å²) in [6, 6.07) is 8.41. The van der Waals surface area contributed by atoms with E-state index in [9.17, 15) is 9.59 Å². The van der Waals surface area contributed by atoms with Crippen LogP contribution in [0.4, 0.5) is 4.79 Å². The first-order valence-corrected chi connectivity index (χ1v) is 11.6. The van der Waals surface area contributed by atoms with Crippen LogP contribution in [0, 0.1) is 5.92 Å². The third-order valence-electron chi connectivity index (χ3n) is 5.94. The molecule has 2 aliphatic heterocycles. The van der Waals surface area contributed by atoms with Crippen molar-refractivity contribution < 1.29 is 14.3 Å². The number of amides is 2. The quantitative estimate of drug-likeness (QED) is 0.590. The Morgan fingerprint density at radius 3 is 2.41 bits per heavy atom. The van der Waals surface area contributed by atoms with Crippen LogP contribution in [-0.2, 0) is 16.1 Å². The van der Waals surface area contributed by atoms with E-state index in [1.807, 2.05) is 39.6 Å². The molecule has 0 atom stereocenters. The number of benzene rings is 1. The van der Waals surface area contributed by atoms with Crippen LogP contribution in [0.1, 0.15) is 65.4 Å². The van der Waals surface area contributed by atoms with Gasteiger partial charge >= 0.3 is 6.09 Å². The summed E-state index contributed by atoms with van der Waals surface area (Å²) in [6.07, 6.45) is 4.10. The molecule has 6 heteroatoms. The zero-order chi connectivity index (χ0) is 21.2. The predicted octanol–water partition coefficient (Wildman–Crippen LogP) is 5.28. The maximum atomic E-state index is 13.3. The van der Waals surface area contributed by atoms with Crippen molar-refractivity contribution >= 4 is 23.8 Å². The van der Waals surface area contributed by atoms with Crippen molar-refractivity contribution in [2.75, 3.05) is 12.8 Å². The third-order valence-corrected chi connectivity index (χ3v) is 7.16. The second kappa shape index (κ2) is 8.58. The summed E-state index contributed by atoms with van der Waals surface area (Å²) in [5, 5.41) is 0. The van der Waals surface area contributed by atoms with Crippen LogP contribution in [0.2, 0.25) is 0 Å². The Hall–Kier alpha value is -1.69. The lowest BCUT2D eigenvalue weighted by molar-refractivity contribution is -0.171. The molecular formula is C23H34N2O3S. The van der Waals surface area contributed by atoms with Crippen molar-refractivity contribution in [2.45, 2.75) is 82.5 Å². The van der Waals surface area contributed by atoms with Crippen LogP contribution in [0.25, 0.3) is 0 Å². The first-order valence-electron chi connectivity index (χ1n) is 10.7. The monoisotopic (exact) mass is 418 g/mol. The summed E-state index contributed by atoms with van der Waals surface area (Å²) in [5.74, 6) is 1.36. The minimum atomic E-state index is -0.593.